The van der Waals surface area contributed by atoms with Gasteiger partial charge in [-0.1, -0.05) is 42.5 Å². The van der Waals surface area contributed by atoms with Gasteiger partial charge in [-0.2, -0.15) is 5.10 Å². The third-order valence-corrected chi connectivity index (χ3v) is 4.59. The van der Waals surface area contributed by atoms with E-state index in [-0.39, 0.29) is 12.3 Å². The molecule has 27 heavy (non-hydrogen) atoms. The smallest absolute Gasteiger partial charge is 0.227 e. The van der Waals surface area contributed by atoms with Crippen LogP contribution in [0.15, 0.2) is 54.6 Å². The molecule has 0 saturated carbocycles. The van der Waals surface area contributed by atoms with E-state index in [0.717, 1.165) is 16.8 Å². The highest BCUT2D eigenvalue weighted by Crippen LogP contribution is 2.12. The van der Waals surface area contributed by atoms with Gasteiger partial charge in [-0.3, -0.25) is 14.5 Å². The normalized spacial score (nSPS) is 10.6. The molecule has 0 fully saturated rings. The Morgan fingerprint density at radius 3 is 2.48 bits per heavy atom. The van der Waals surface area contributed by atoms with E-state index in [4.69, 9.17) is 12.2 Å². The average molecular weight is 382 g/mol. The fraction of sp³-hybridized carbons (Fsp3) is 0.250. The van der Waals surface area contributed by atoms with Gasteiger partial charge < -0.3 is 10.2 Å². The Balaban J connectivity index is 1.60. The molecule has 1 aromatic heterocycles. The summed E-state index contributed by atoms with van der Waals surface area (Å²) in [7, 11) is 4.00. The lowest BCUT2D eigenvalue weighted by Gasteiger charge is -2.13. The van der Waals surface area contributed by atoms with Crippen molar-refractivity contribution in [3.63, 3.8) is 0 Å². The zero-order valence-corrected chi connectivity index (χ0v) is 16.3. The second-order valence-electron chi connectivity index (χ2n) is 6.53. The van der Waals surface area contributed by atoms with Gasteiger partial charge in [0.2, 0.25) is 5.91 Å². The van der Waals surface area contributed by atoms with Gasteiger partial charge in [0.15, 0.2) is 4.77 Å². The number of hydrogen-bond acceptors (Lipinski definition) is 4. The number of carbonyl (C=O) groups excluding carboxylic acids is 1. The van der Waals surface area contributed by atoms with Gasteiger partial charge in [-0.15, -0.1) is 0 Å². The van der Waals surface area contributed by atoms with Gasteiger partial charge in [0, 0.05) is 26.3 Å². The maximum Gasteiger partial charge on any atom is 0.227 e. The number of aromatic amines is 1. The number of aromatic nitrogens is 3. The van der Waals surface area contributed by atoms with Crippen molar-refractivity contribution in [2.45, 2.75) is 19.5 Å². The molecule has 0 radical (unpaired) electrons. The van der Waals surface area contributed by atoms with Gasteiger partial charge in [0.1, 0.15) is 5.82 Å². The van der Waals surface area contributed by atoms with E-state index in [9.17, 15) is 4.79 Å². The van der Waals surface area contributed by atoms with Gasteiger partial charge in [0.05, 0.1) is 13.0 Å². The molecule has 1 heterocycles. The second-order valence-corrected chi connectivity index (χ2v) is 6.92. The van der Waals surface area contributed by atoms with Crippen molar-refractivity contribution in [2.24, 2.45) is 0 Å². The molecule has 1 amide bonds. The van der Waals surface area contributed by atoms with E-state index in [2.05, 4.69) is 15.5 Å². The molecule has 3 aromatic rings. The lowest BCUT2D eigenvalue weighted by molar-refractivity contribution is -0.120. The predicted molar refractivity (Wildman–Crippen MR) is 109 cm³/mol. The number of nitrogens with one attached hydrogen (secondary N) is 2. The van der Waals surface area contributed by atoms with Crippen LogP contribution in [0.5, 0.6) is 0 Å². The van der Waals surface area contributed by atoms with E-state index >= 15 is 0 Å². The Kier molecular flexibility index (Phi) is 6.03. The van der Waals surface area contributed by atoms with Crippen LogP contribution in [0.3, 0.4) is 0 Å². The first-order valence-corrected chi connectivity index (χ1v) is 9.15. The van der Waals surface area contributed by atoms with Crippen LogP contribution in [0.25, 0.3) is 0 Å². The lowest BCUT2D eigenvalue weighted by Crippen LogP contribution is -2.26. The van der Waals surface area contributed by atoms with Crippen LogP contribution in [-0.4, -0.2) is 34.8 Å². The van der Waals surface area contributed by atoms with Gasteiger partial charge in [-0.05, 0) is 35.5 Å². The van der Waals surface area contributed by atoms with Crippen molar-refractivity contribution < 1.29 is 4.79 Å². The number of benzene rings is 2. The van der Waals surface area contributed by atoms with Crippen LogP contribution in [0, 0.1) is 4.77 Å². The van der Waals surface area contributed by atoms with Crippen molar-refractivity contribution in [3.8, 4) is 0 Å². The molecule has 2 N–H and O–H groups in total. The van der Waals surface area contributed by atoms with Gasteiger partial charge >= 0.3 is 0 Å². The monoisotopic (exact) mass is 381 g/mol. The van der Waals surface area contributed by atoms with Crippen LogP contribution in [0.4, 0.5) is 5.69 Å². The average Bonchev–Trinajstić information content (AvgIpc) is 3.01. The van der Waals surface area contributed by atoms with E-state index in [1.165, 1.54) is 0 Å². The minimum absolute atomic E-state index is 0.0880. The number of H-pyrrole nitrogens is 1. The maximum atomic E-state index is 12.4. The second kappa shape index (κ2) is 8.64. The fourth-order valence-corrected chi connectivity index (χ4v) is 2.95. The van der Waals surface area contributed by atoms with Crippen molar-refractivity contribution >= 4 is 23.8 Å². The molecule has 0 spiro atoms. The van der Waals surface area contributed by atoms with Crippen LogP contribution >= 0.6 is 12.2 Å². The van der Waals surface area contributed by atoms with Crippen LogP contribution in [0.1, 0.15) is 17.0 Å². The number of anilines is 1. The Hall–Kier alpha value is -2.93. The van der Waals surface area contributed by atoms with Crippen molar-refractivity contribution in [1.82, 2.24) is 20.1 Å². The van der Waals surface area contributed by atoms with Crippen LogP contribution in [-0.2, 0) is 24.3 Å². The number of nitrogens with zero attached hydrogens (tertiary/aromatic N) is 3. The standard InChI is InChI=1S/C20H23N5OS/c1-24(2)17-10-8-15(9-11-17)13-21-19(26)12-18-22-23-20(27)25(18)14-16-6-4-3-5-7-16/h3-11H,12-14H2,1-2H3,(H,21,26)(H,23,27). The largest absolute Gasteiger partial charge is 0.378 e. The first-order valence-electron chi connectivity index (χ1n) is 8.74. The zero-order valence-electron chi connectivity index (χ0n) is 15.5. The molecule has 0 atom stereocenters. The summed E-state index contributed by atoms with van der Waals surface area (Å²) < 4.78 is 2.37. The summed E-state index contributed by atoms with van der Waals surface area (Å²) in [6.07, 6.45) is 0.176. The van der Waals surface area contributed by atoms with E-state index in [1.807, 2.05) is 78.2 Å². The Labute approximate surface area is 163 Å². The summed E-state index contributed by atoms with van der Waals surface area (Å²) in [5, 5.41) is 9.94. The minimum Gasteiger partial charge on any atom is -0.378 e. The predicted octanol–water partition coefficient (Wildman–Crippen LogP) is 2.91. The number of carbonyl (C=O) groups is 1. The SMILES string of the molecule is CN(C)c1ccc(CNC(=O)Cc2n[nH]c(=S)n2Cc2ccccc2)cc1. The first-order chi connectivity index (χ1) is 13.0. The highest BCUT2D eigenvalue weighted by atomic mass is 32.1. The molecule has 3 rings (SSSR count). The number of rotatable bonds is 7. The highest BCUT2D eigenvalue weighted by molar-refractivity contribution is 7.71. The maximum absolute atomic E-state index is 12.4. The molecular weight excluding hydrogens is 358 g/mol. The molecule has 0 aliphatic rings. The molecule has 6 nitrogen and oxygen atoms in total. The summed E-state index contributed by atoms with van der Waals surface area (Å²) in [5.41, 5.74) is 3.29. The minimum atomic E-state index is -0.0880. The Bertz CT molecular complexity index is 945. The van der Waals surface area contributed by atoms with Crippen LogP contribution in [0.2, 0.25) is 0 Å². The molecule has 0 bridgehead atoms. The summed E-state index contributed by atoms with van der Waals surface area (Å²) >= 11 is 5.31. The van der Waals surface area contributed by atoms with Crippen molar-refractivity contribution in [1.29, 1.82) is 0 Å². The Morgan fingerprint density at radius 1 is 1.11 bits per heavy atom. The van der Waals surface area contributed by atoms with Crippen LogP contribution < -0.4 is 10.2 Å². The molecular formula is C20H23N5OS. The van der Waals surface area contributed by atoms with E-state index in [0.29, 0.717) is 23.7 Å². The molecule has 0 unspecified atom stereocenters. The molecule has 0 saturated heterocycles. The molecule has 0 aliphatic heterocycles. The zero-order chi connectivity index (χ0) is 19.2. The first kappa shape index (κ1) is 18.8. The third-order valence-electron chi connectivity index (χ3n) is 4.28. The summed E-state index contributed by atoms with van der Waals surface area (Å²) in [6.45, 7) is 1.07. The summed E-state index contributed by atoms with van der Waals surface area (Å²) in [5.74, 6) is 0.541. The third kappa shape index (κ3) is 5.04. The van der Waals surface area contributed by atoms with E-state index < -0.39 is 0 Å². The quantitative estimate of drug-likeness (QED) is 0.618. The molecule has 0 aliphatic carbocycles. The van der Waals surface area contributed by atoms with Crippen molar-refractivity contribution in [3.05, 3.63) is 76.3 Å². The molecule has 140 valence electrons. The summed E-state index contributed by atoms with van der Waals surface area (Å²) in [4.78, 5) is 14.4. The Morgan fingerprint density at radius 2 is 1.81 bits per heavy atom. The number of amides is 1. The summed E-state index contributed by atoms with van der Waals surface area (Å²) in [6, 6.07) is 18.1. The fourth-order valence-electron chi connectivity index (χ4n) is 2.73. The topological polar surface area (TPSA) is 66.0 Å². The molecule has 2 aromatic carbocycles. The molecule has 7 heteroatoms. The highest BCUT2D eigenvalue weighted by Gasteiger charge is 2.12. The van der Waals surface area contributed by atoms with Crippen molar-refractivity contribution in [2.75, 3.05) is 19.0 Å². The lowest BCUT2D eigenvalue weighted by atomic mass is 10.2. The van der Waals surface area contributed by atoms with Gasteiger partial charge in [0.25, 0.3) is 0 Å². The van der Waals surface area contributed by atoms with E-state index in [1.54, 1.807) is 0 Å². The number of hydrogen-bond donors (Lipinski definition) is 2. The van der Waals surface area contributed by atoms with Gasteiger partial charge in [-0.25, -0.2) is 0 Å².